The number of hydrogen-bond acceptors (Lipinski definition) is 4. The predicted octanol–water partition coefficient (Wildman–Crippen LogP) is 0.180. The number of nitrogens with two attached hydrogens (primary N) is 1. The van der Waals surface area contributed by atoms with Crippen LogP contribution >= 0.6 is 0 Å². The van der Waals surface area contributed by atoms with Crippen molar-refractivity contribution in [3.63, 3.8) is 0 Å². The van der Waals surface area contributed by atoms with Gasteiger partial charge in [0.2, 0.25) is 0 Å². The average molecular weight is 189 g/mol. The van der Waals surface area contributed by atoms with Crippen LogP contribution in [0.1, 0.15) is 11.5 Å². The smallest absolute Gasteiger partial charge is 0.164 e. The van der Waals surface area contributed by atoms with Crippen molar-refractivity contribution in [1.82, 2.24) is 19.7 Å². The van der Waals surface area contributed by atoms with Crippen LogP contribution in [0.15, 0.2) is 30.7 Å². The molecule has 14 heavy (non-hydrogen) atoms. The molecular weight excluding hydrogens is 178 g/mol. The Bertz CT molecular complexity index is 395. The highest BCUT2D eigenvalue weighted by atomic mass is 15.3. The van der Waals surface area contributed by atoms with Crippen molar-refractivity contribution >= 4 is 0 Å². The Morgan fingerprint density at radius 1 is 1.29 bits per heavy atom. The lowest BCUT2D eigenvalue weighted by atomic mass is 10.3. The molecule has 2 rings (SSSR count). The van der Waals surface area contributed by atoms with E-state index in [0.29, 0.717) is 18.9 Å². The van der Waals surface area contributed by atoms with E-state index in [2.05, 4.69) is 15.1 Å². The van der Waals surface area contributed by atoms with E-state index in [9.17, 15) is 0 Å². The first kappa shape index (κ1) is 8.83. The van der Waals surface area contributed by atoms with E-state index in [1.54, 1.807) is 17.2 Å². The average Bonchev–Trinajstić information content (AvgIpc) is 2.67. The van der Waals surface area contributed by atoms with Crippen molar-refractivity contribution in [2.45, 2.75) is 13.1 Å². The van der Waals surface area contributed by atoms with Gasteiger partial charge >= 0.3 is 0 Å². The molecule has 0 atom stereocenters. The fraction of sp³-hybridized carbons (Fsp3) is 0.222. The van der Waals surface area contributed by atoms with Crippen LogP contribution in [0.25, 0.3) is 0 Å². The number of pyridine rings is 1. The van der Waals surface area contributed by atoms with Crippen LogP contribution in [0.3, 0.4) is 0 Å². The van der Waals surface area contributed by atoms with Crippen molar-refractivity contribution < 1.29 is 0 Å². The summed E-state index contributed by atoms with van der Waals surface area (Å²) in [6.45, 7) is 1.00. The largest absolute Gasteiger partial charge is 0.324 e. The lowest BCUT2D eigenvalue weighted by Gasteiger charge is -1.98. The maximum atomic E-state index is 5.40. The van der Waals surface area contributed by atoms with Crippen molar-refractivity contribution in [3.8, 4) is 0 Å². The van der Waals surface area contributed by atoms with Crippen LogP contribution in [0.2, 0.25) is 0 Å². The van der Waals surface area contributed by atoms with Crippen molar-refractivity contribution in [2.75, 3.05) is 0 Å². The van der Waals surface area contributed by atoms with E-state index in [1.165, 1.54) is 0 Å². The van der Waals surface area contributed by atoms with Crippen LogP contribution < -0.4 is 5.73 Å². The maximum absolute atomic E-state index is 5.40. The van der Waals surface area contributed by atoms with Gasteiger partial charge in [0.15, 0.2) is 5.82 Å². The molecule has 2 aromatic heterocycles. The minimum atomic E-state index is 0.370. The van der Waals surface area contributed by atoms with Crippen molar-refractivity contribution in [2.24, 2.45) is 5.73 Å². The van der Waals surface area contributed by atoms with E-state index in [-0.39, 0.29) is 0 Å². The predicted molar refractivity (Wildman–Crippen MR) is 51.3 cm³/mol. The third-order valence-electron chi connectivity index (χ3n) is 1.82. The molecule has 0 aromatic carbocycles. The summed E-state index contributed by atoms with van der Waals surface area (Å²) in [5.74, 6) is 0.654. The number of hydrogen-bond donors (Lipinski definition) is 1. The van der Waals surface area contributed by atoms with Crippen LogP contribution in [0, 0.1) is 0 Å². The van der Waals surface area contributed by atoms with Gasteiger partial charge in [-0.25, -0.2) is 9.67 Å². The molecule has 5 heteroatoms. The molecule has 2 N–H and O–H groups in total. The molecule has 0 aliphatic carbocycles. The molecule has 5 nitrogen and oxygen atoms in total. The molecule has 0 saturated heterocycles. The Balaban J connectivity index is 2.11. The number of nitrogens with zero attached hydrogens (tertiary/aromatic N) is 4. The summed E-state index contributed by atoms with van der Waals surface area (Å²) >= 11 is 0. The molecule has 0 aliphatic heterocycles. The molecular formula is C9H11N5. The summed E-state index contributed by atoms with van der Waals surface area (Å²) in [6, 6.07) is 5.78. The first-order valence-electron chi connectivity index (χ1n) is 4.37. The second-order valence-electron chi connectivity index (χ2n) is 2.88. The minimum Gasteiger partial charge on any atom is -0.324 e. The van der Waals surface area contributed by atoms with Gasteiger partial charge in [-0.05, 0) is 12.1 Å². The third kappa shape index (κ3) is 1.94. The van der Waals surface area contributed by atoms with E-state index in [4.69, 9.17) is 5.73 Å². The van der Waals surface area contributed by atoms with Gasteiger partial charge in [-0.15, -0.1) is 0 Å². The van der Waals surface area contributed by atoms with Crippen molar-refractivity contribution in [1.29, 1.82) is 0 Å². The molecule has 0 fully saturated rings. The van der Waals surface area contributed by atoms with Gasteiger partial charge in [0.1, 0.15) is 6.33 Å². The minimum absolute atomic E-state index is 0.370. The second-order valence-corrected chi connectivity index (χ2v) is 2.88. The van der Waals surface area contributed by atoms with E-state index in [1.807, 2.05) is 18.2 Å². The Morgan fingerprint density at radius 3 is 2.86 bits per heavy atom. The highest BCUT2D eigenvalue weighted by Crippen LogP contribution is 1.97. The van der Waals surface area contributed by atoms with Crippen LogP contribution in [0.5, 0.6) is 0 Å². The third-order valence-corrected chi connectivity index (χ3v) is 1.82. The topological polar surface area (TPSA) is 69.6 Å². The second kappa shape index (κ2) is 3.97. The summed E-state index contributed by atoms with van der Waals surface area (Å²) in [7, 11) is 0. The lowest BCUT2D eigenvalue weighted by Crippen LogP contribution is -2.04. The summed E-state index contributed by atoms with van der Waals surface area (Å²) < 4.78 is 1.73. The molecule has 0 radical (unpaired) electrons. The summed E-state index contributed by atoms with van der Waals surface area (Å²) in [6.07, 6.45) is 3.42. The monoisotopic (exact) mass is 189 g/mol. The zero-order valence-corrected chi connectivity index (χ0v) is 7.67. The maximum Gasteiger partial charge on any atom is 0.164 e. The van der Waals surface area contributed by atoms with Crippen molar-refractivity contribution in [3.05, 3.63) is 42.2 Å². The van der Waals surface area contributed by atoms with Gasteiger partial charge in [-0.1, -0.05) is 6.07 Å². The molecule has 0 saturated carbocycles. The molecule has 0 unspecified atom stereocenters. The number of aromatic nitrogens is 4. The zero-order chi connectivity index (χ0) is 9.80. The summed E-state index contributed by atoms with van der Waals surface area (Å²) in [4.78, 5) is 8.22. The van der Waals surface area contributed by atoms with E-state index >= 15 is 0 Å². The first-order chi connectivity index (χ1) is 6.88. The van der Waals surface area contributed by atoms with Gasteiger partial charge in [0, 0.05) is 6.20 Å². The summed E-state index contributed by atoms with van der Waals surface area (Å²) in [5.41, 5.74) is 6.36. The highest BCUT2D eigenvalue weighted by molar-refractivity contribution is 5.03. The molecule has 0 bridgehead atoms. The SMILES string of the molecule is NCc1ncn(Cc2ccccn2)n1. The fourth-order valence-electron chi connectivity index (χ4n) is 1.16. The molecule has 2 aromatic rings. The fourth-order valence-corrected chi connectivity index (χ4v) is 1.16. The Morgan fingerprint density at radius 2 is 2.21 bits per heavy atom. The Labute approximate surface area is 81.6 Å². The first-order valence-corrected chi connectivity index (χ1v) is 4.37. The lowest BCUT2D eigenvalue weighted by molar-refractivity contribution is 0.659. The van der Waals surface area contributed by atoms with Crippen LogP contribution in [-0.4, -0.2) is 19.7 Å². The Hall–Kier alpha value is -1.75. The molecule has 0 aliphatic rings. The van der Waals surface area contributed by atoms with Crippen LogP contribution in [-0.2, 0) is 13.1 Å². The van der Waals surface area contributed by atoms with Gasteiger partial charge in [-0.2, -0.15) is 5.10 Å². The van der Waals surface area contributed by atoms with Gasteiger partial charge in [0.05, 0.1) is 18.8 Å². The van der Waals surface area contributed by atoms with E-state index < -0.39 is 0 Å². The standard InChI is InChI=1S/C9H11N5/c10-5-9-12-7-14(13-9)6-8-3-1-2-4-11-8/h1-4,7H,5-6,10H2. The molecule has 0 spiro atoms. The highest BCUT2D eigenvalue weighted by Gasteiger charge is 1.99. The quantitative estimate of drug-likeness (QED) is 0.747. The van der Waals surface area contributed by atoms with Gasteiger partial charge in [-0.3, -0.25) is 4.98 Å². The van der Waals surface area contributed by atoms with Gasteiger partial charge in [0.25, 0.3) is 0 Å². The van der Waals surface area contributed by atoms with Crippen LogP contribution in [0.4, 0.5) is 0 Å². The van der Waals surface area contributed by atoms with E-state index in [0.717, 1.165) is 5.69 Å². The normalized spacial score (nSPS) is 10.4. The molecule has 2 heterocycles. The summed E-state index contributed by atoms with van der Waals surface area (Å²) in [5, 5.41) is 4.16. The Kier molecular flexibility index (Phi) is 2.51. The molecule has 72 valence electrons. The molecule has 0 amide bonds. The zero-order valence-electron chi connectivity index (χ0n) is 7.67. The number of rotatable bonds is 3. The van der Waals surface area contributed by atoms with Gasteiger partial charge < -0.3 is 5.73 Å².